The van der Waals surface area contributed by atoms with Crippen molar-refractivity contribution in [2.45, 2.75) is 25.9 Å². The van der Waals surface area contributed by atoms with Gasteiger partial charge in [-0.2, -0.15) is 18.3 Å². The molecule has 178 valence electrons. The monoisotopic (exact) mass is 491 g/mol. The molecule has 0 spiro atoms. The maximum atomic E-state index is 14.0. The molecule has 1 saturated heterocycles. The van der Waals surface area contributed by atoms with Crippen molar-refractivity contribution in [3.63, 3.8) is 0 Å². The van der Waals surface area contributed by atoms with Crippen molar-refractivity contribution < 1.29 is 22.8 Å². The van der Waals surface area contributed by atoms with Crippen molar-refractivity contribution in [1.82, 2.24) is 19.7 Å². The molecule has 1 unspecified atom stereocenters. The Labute approximate surface area is 198 Å². The van der Waals surface area contributed by atoms with Crippen molar-refractivity contribution in [1.29, 1.82) is 0 Å². The van der Waals surface area contributed by atoms with Crippen LogP contribution in [0.15, 0.2) is 48.8 Å². The van der Waals surface area contributed by atoms with E-state index in [4.69, 9.17) is 11.6 Å². The van der Waals surface area contributed by atoms with Crippen molar-refractivity contribution in [3.8, 4) is 5.69 Å². The van der Waals surface area contributed by atoms with E-state index in [1.807, 2.05) is 6.92 Å². The van der Waals surface area contributed by atoms with Crippen LogP contribution in [0.3, 0.4) is 0 Å². The fourth-order valence-electron chi connectivity index (χ4n) is 3.87. The number of hydrogen-bond donors (Lipinski definition) is 1. The third kappa shape index (κ3) is 5.06. The number of likely N-dealkylation sites (tertiary alicyclic amines) is 1. The molecule has 11 heteroatoms. The summed E-state index contributed by atoms with van der Waals surface area (Å²) >= 11 is 5.83. The van der Waals surface area contributed by atoms with Gasteiger partial charge in [-0.15, -0.1) is 0 Å². The first-order valence-electron chi connectivity index (χ1n) is 10.6. The summed E-state index contributed by atoms with van der Waals surface area (Å²) in [4.78, 5) is 31.2. The van der Waals surface area contributed by atoms with Crippen molar-refractivity contribution >= 4 is 29.2 Å². The topological polar surface area (TPSA) is 80.1 Å². The van der Waals surface area contributed by atoms with Crippen molar-refractivity contribution in [2.24, 2.45) is 5.92 Å². The van der Waals surface area contributed by atoms with Crippen LogP contribution in [0.4, 0.5) is 19.0 Å². The van der Waals surface area contributed by atoms with Gasteiger partial charge in [-0.25, -0.2) is 9.67 Å². The Bertz CT molecular complexity index is 1190. The predicted molar refractivity (Wildman–Crippen MR) is 120 cm³/mol. The van der Waals surface area contributed by atoms with E-state index in [1.54, 1.807) is 18.3 Å². The summed E-state index contributed by atoms with van der Waals surface area (Å²) in [6.45, 7) is 2.11. The second-order valence-electron chi connectivity index (χ2n) is 8.09. The molecule has 1 aromatic carbocycles. The first-order valence-corrected chi connectivity index (χ1v) is 10.9. The van der Waals surface area contributed by atoms with Crippen LogP contribution in [-0.2, 0) is 11.0 Å². The Morgan fingerprint density at radius 2 is 1.85 bits per heavy atom. The number of alkyl halides is 3. The molecule has 0 saturated carbocycles. The molecule has 4 rings (SSSR count). The predicted octanol–water partition coefficient (Wildman–Crippen LogP) is 4.74. The Kier molecular flexibility index (Phi) is 6.60. The van der Waals surface area contributed by atoms with Gasteiger partial charge in [0.2, 0.25) is 5.91 Å². The molecule has 2 amide bonds. The van der Waals surface area contributed by atoms with Gasteiger partial charge in [0.25, 0.3) is 5.91 Å². The molecule has 0 bridgehead atoms. The quantitative estimate of drug-likeness (QED) is 0.571. The Morgan fingerprint density at radius 1 is 1.12 bits per heavy atom. The minimum Gasteiger partial charge on any atom is -0.338 e. The fourth-order valence-corrected chi connectivity index (χ4v) is 4.00. The molecule has 3 heterocycles. The number of piperidine rings is 1. The van der Waals surface area contributed by atoms with Crippen LogP contribution in [-0.4, -0.2) is 44.6 Å². The molecule has 0 radical (unpaired) electrons. The molecule has 1 aliphatic rings. The molecule has 1 fully saturated rings. The number of aryl methyl sites for hydroxylation is 1. The second-order valence-corrected chi connectivity index (χ2v) is 8.53. The lowest BCUT2D eigenvalue weighted by atomic mass is 9.96. The van der Waals surface area contributed by atoms with E-state index < -0.39 is 29.3 Å². The van der Waals surface area contributed by atoms with Gasteiger partial charge in [0.1, 0.15) is 5.82 Å². The van der Waals surface area contributed by atoms with Gasteiger partial charge >= 0.3 is 6.18 Å². The average molecular weight is 492 g/mol. The van der Waals surface area contributed by atoms with E-state index in [0.29, 0.717) is 28.4 Å². The van der Waals surface area contributed by atoms with Crippen LogP contribution in [0, 0.1) is 12.8 Å². The maximum absolute atomic E-state index is 14.0. The second kappa shape index (κ2) is 9.46. The lowest BCUT2D eigenvalue weighted by Gasteiger charge is -2.32. The van der Waals surface area contributed by atoms with Gasteiger partial charge in [-0.3, -0.25) is 9.59 Å². The number of carbonyl (C=O) groups is 2. The number of benzene rings is 1. The Balaban J connectivity index is 1.55. The molecule has 1 aliphatic heterocycles. The van der Waals surface area contributed by atoms with Crippen molar-refractivity contribution in [2.75, 3.05) is 18.4 Å². The van der Waals surface area contributed by atoms with E-state index in [2.05, 4.69) is 15.4 Å². The lowest BCUT2D eigenvalue weighted by molar-refractivity contribution is -0.143. The zero-order valence-corrected chi connectivity index (χ0v) is 18.9. The zero-order chi connectivity index (χ0) is 24.5. The van der Waals surface area contributed by atoms with Gasteiger partial charge in [0.05, 0.1) is 23.4 Å². The van der Waals surface area contributed by atoms with Gasteiger partial charge in [0, 0.05) is 24.3 Å². The number of anilines is 1. The van der Waals surface area contributed by atoms with Gasteiger partial charge < -0.3 is 10.2 Å². The molecule has 0 aliphatic carbocycles. The third-order valence-corrected chi connectivity index (χ3v) is 5.83. The van der Waals surface area contributed by atoms with E-state index in [1.165, 1.54) is 29.2 Å². The van der Waals surface area contributed by atoms with E-state index in [-0.39, 0.29) is 24.7 Å². The number of hydrogen-bond acceptors (Lipinski definition) is 4. The number of rotatable bonds is 4. The Morgan fingerprint density at radius 3 is 2.50 bits per heavy atom. The first kappa shape index (κ1) is 23.7. The highest BCUT2D eigenvalue weighted by atomic mass is 35.5. The molecule has 2 aromatic heterocycles. The lowest BCUT2D eigenvalue weighted by Crippen LogP contribution is -2.44. The fraction of sp³-hybridized carbons (Fsp3) is 0.304. The highest BCUT2D eigenvalue weighted by Crippen LogP contribution is 2.35. The number of aromatic nitrogens is 3. The van der Waals surface area contributed by atoms with Crippen LogP contribution < -0.4 is 5.32 Å². The average Bonchev–Trinajstić information content (AvgIpc) is 3.26. The maximum Gasteiger partial charge on any atom is 0.434 e. The summed E-state index contributed by atoms with van der Waals surface area (Å²) in [6, 6.07) is 9.13. The molecule has 3 aromatic rings. The number of halogens is 4. The van der Waals surface area contributed by atoms with E-state index in [9.17, 15) is 22.8 Å². The normalized spacial score (nSPS) is 16.4. The summed E-state index contributed by atoms with van der Waals surface area (Å²) in [7, 11) is 0. The minimum absolute atomic E-state index is 0.0000495. The SMILES string of the molecule is Cc1ccc(NC(=O)C2CCCN(C(=O)c3cnn(-c4ccc(Cl)cc4)c3C(F)(F)F)C2)nc1. The standard InChI is InChI=1S/C23H21ClF3N5O2/c1-14-4-9-19(28-11-14)30-21(33)15-3-2-10-31(13-15)22(34)18-12-29-32(20(18)23(25,26)27)17-7-5-16(24)6-8-17/h4-9,11-12,15H,2-3,10,13H2,1H3,(H,28,30,33). The highest BCUT2D eigenvalue weighted by Gasteiger charge is 2.42. The summed E-state index contributed by atoms with van der Waals surface area (Å²) in [5, 5.41) is 6.90. The number of nitrogens with one attached hydrogen (secondary N) is 1. The molecular weight excluding hydrogens is 471 g/mol. The molecule has 7 nitrogen and oxygen atoms in total. The number of amides is 2. The summed E-state index contributed by atoms with van der Waals surface area (Å²) in [6.07, 6.45) is -1.30. The molecule has 34 heavy (non-hydrogen) atoms. The molecule has 1 N–H and O–H groups in total. The Hall–Kier alpha value is -3.40. The minimum atomic E-state index is -4.83. The van der Waals surface area contributed by atoms with Gasteiger partial charge in [-0.05, 0) is 55.7 Å². The van der Waals surface area contributed by atoms with Crippen LogP contribution in [0.2, 0.25) is 5.02 Å². The van der Waals surface area contributed by atoms with Crippen LogP contribution in [0.25, 0.3) is 5.69 Å². The number of pyridine rings is 1. The van der Waals surface area contributed by atoms with Crippen molar-refractivity contribution in [3.05, 3.63) is 70.6 Å². The van der Waals surface area contributed by atoms with Crippen LogP contribution in [0.5, 0.6) is 0 Å². The zero-order valence-electron chi connectivity index (χ0n) is 18.1. The highest BCUT2D eigenvalue weighted by molar-refractivity contribution is 6.30. The summed E-state index contributed by atoms with van der Waals surface area (Å²) in [5.41, 5.74) is -0.678. The molecular formula is C23H21ClF3N5O2. The van der Waals surface area contributed by atoms with E-state index >= 15 is 0 Å². The smallest absolute Gasteiger partial charge is 0.338 e. The summed E-state index contributed by atoms with van der Waals surface area (Å²) in [5.74, 6) is -1.34. The van der Waals surface area contributed by atoms with Crippen LogP contribution >= 0.6 is 11.6 Å². The first-order chi connectivity index (χ1) is 16.1. The third-order valence-electron chi connectivity index (χ3n) is 5.58. The van der Waals surface area contributed by atoms with Crippen LogP contribution in [0.1, 0.15) is 34.5 Å². The number of nitrogens with zero attached hydrogens (tertiary/aromatic N) is 4. The largest absolute Gasteiger partial charge is 0.434 e. The van der Waals surface area contributed by atoms with E-state index in [0.717, 1.165) is 11.8 Å². The van der Waals surface area contributed by atoms with Gasteiger partial charge in [-0.1, -0.05) is 17.7 Å². The van der Waals surface area contributed by atoms with Gasteiger partial charge in [0.15, 0.2) is 5.69 Å². The molecule has 1 atom stereocenters. The number of carbonyl (C=O) groups excluding carboxylic acids is 2. The summed E-state index contributed by atoms with van der Waals surface area (Å²) < 4.78 is 42.6.